The summed E-state index contributed by atoms with van der Waals surface area (Å²) in [6.07, 6.45) is 0. The molecule has 10 heteroatoms. The lowest BCUT2D eigenvalue weighted by Gasteiger charge is -2.10. The van der Waals surface area contributed by atoms with Crippen LogP contribution in [0, 0.1) is 0 Å². The number of thioether (sulfide) groups is 1. The van der Waals surface area contributed by atoms with Gasteiger partial charge in [0.2, 0.25) is 5.16 Å². The molecule has 0 N–H and O–H groups in total. The van der Waals surface area contributed by atoms with E-state index in [9.17, 15) is 0 Å². The van der Waals surface area contributed by atoms with Crippen molar-refractivity contribution in [3.8, 4) is 0 Å². The van der Waals surface area contributed by atoms with E-state index in [-0.39, 0.29) is 6.04 Å². The summed E-state index contributed by atoms with van der Waals surface area (Å²) in [6.45, 7) is 1.57. The van der Waals surface area contributed by atoms with Crippen LogP contribution in [0.3, 0.4) is 0 Å². The topological polar surface area (TPSA) is 95.6 Å². The summed E-state index contributed by atoms with van der Waals surface area (Å²) in [4.78, 5) is 4.79. The fourth-order valence-electron chi connectivity index (χ4n) is 1.06. The van der Waals surface area contributed by atoms with Gasteiger partial charge in [-0.05, 0) is 35.4 Å². The summed E-state index contributed by atoms with van der Waals surface area (Å²) in [6, 6.07) is -0.325. The maximum atomic E-state index is 8.36. The standard InChI is InChI=1S/C8H14N8S2/c1-15(2)3-4-16-8(11-13-14-16)18-6-7(5-17)10-12-9/h5,7H,3-4,6H2,1-2H3. The first-order chi connectivity index (χ1) is 8.67. The molecular weight excluding hydrogens is 272 g/mol. The van der Waals surface area contributed by atoms with Crippen LogP contribution in [-0.2, 0) is 6.54 Å². The van der Waals surface area contributed by atoms with E-state index in [2.05, 4.69) is 30.5 Å². The average molecular weight is 286 g/mol. The zero-order valence-corrected chi connectivity index (χ0v) is 11.8. The van der Waals surface area contributed by atoms with E-state index < -0.39 is 0 Å². The lowest BCUT2D eigenvalue weighted by atomic mass is 10.4. The van der Waals surface area contributed by atoms with Crippen LogP contribution >= 0.6 is 24.0 Å². The number of nitrogens with zero attached hydrogens (tertiary/aromatic N) is 8. The van der Waals surface area contributed by atoms with E-state index in [4.69, 9.17) is 17.7 Å². The van der Waals surface area contributed by atoms with Crippen LogP contribution in [0.4, 0.5) is 0 Å². The molecule has 1 aromatic heterocycles. The first-order valence-corrected chi connectivity index (χ1v) is 6.66. The van der Waals surface area contributed by atoms with Crippen LogP contribution < -0.4 is 0 Å². The van der Waals surface area contributed by atoms with Crippen LogP contribution in [0.25, 0.3) is 10.4 Å². The Bertz CT molecular complexity index is 424. The van der Waals surface area contributed by atoms with Crippen LogP contribution in [-0.4, -0.2) is 62.9 Å². The van der Waals surface area contributed by atoms with Gasteiger partial charge < -0.3 is 4.90 Å². The van der Waals surface area contributed by atoms with Gasteiger partial charge in [0, 0.05) is 17.2 Å². The maximum absolute atomic E-state index is 8.36. The van der Waals surface area contributed by atoms with Crippen LogP contribution in [0.2, 0.25) is 0 Å². The van der Waals surface area contributed by atoms with Crippen molar-refractivity contribution >= 4 is 29.3 Å². The minimum absolute atomic E-state index is 0.325. The van der Waals surface area contributed by atoms with Gasteiger partial charge in [0.05, 0.1) is 12.6 Å². The summed E-state index contributed by atoms with van der Waals surface area (Å²) in [5, 5.41) is 17.2. The molecule has 1 heterocycles. The molecule has 8 nitrogen and oxygen atoms in total. The van der Waals surface area contributed by atoms with E-state index in [0.29, 0.717) is 17.5 Å². The van der Waals surface area contributed by atoms with Crippen LogP contribution in [0.1, 0.15) is 0 Å². The third-order valence-electron chi connectivity index (χ3n) is 2.00. The molecular formula is C8H14N8S2. The summed E-state index contributed by atoms with van der Waals surface area (Å²) < 4.78 is 1.72. The highest BCUT2D eigenvalue weighted by Gasteiger charge is 2.10. The Labute approximate surface area is 114 Å². The van der Waals surface area contributed by atoms with E-state index in [1.807, 2.05) is 14.1 Å². The lowest BCUT2D eigenvalue weighted by molar-refractivity contribution is 0.361. The number of hydrogen-bond acceptors (Lipinski definition) is 7. The highest BCUT2D eigenvalue weighted by molar-refractivity contribution is 7.99. The normalized spacial score (nSPS) is 12.2. The van der Waals surface area contributed by atoms with E-state index in [0.717, 1.165) is 6.54 Å². The molecule has 1 atom stereocenters. The Morgan fingerprint density at radius 1 is 1.67 bits per heavy atom. The second-order valence-electron chi connectivity index (χ2n) is 3.71. The quantitative estimate of drug-likeness (QED) is 0.233. The Morgan fingerprint density at radius 3 is 3.06 bits per heavy atom. The monoisotopic (exact) mass is 286 g/mol. The molecule has 0 aliphatic heterocycles. The average Bonchev–Trinajstić information content (AvgIpc) is 2.79. The van der Waals surface area contributed by atoms with Gasteiger partial charge in [-0.15, -0.1) is 5.10 Å². The summed E-state index contributed by atoms with van der Waals surface area (Å²) in [5.74, 6) is 0.538. The molecule has 0 aromatic carbocycles. The molecule has 0 amide bonds. The lowest BCUT2D eigenvalue weighted by Crippen LogP contribution is -2.19. The summed E-state index contributed by atoms with van der Waals surface area (Å²) in [5.41, 5.74) is 8.36. The van der Waals surface area contributed by atoms with E-state index in [1.54, 1.807) is 4.68 Å². The minimum Gasteiger partial charge on any atom is -0.308 e. The molecule has 0 fully saturated rings. The SMILES string of the molecule is CN(C)CCn1nnnc1SCC(C=S)N=[N+]=[N-]. The molecule has 1 unspecified atom stereocenters. The number of aromatic nitrogens is 4. The zero-order chi connectivity index (χ0) is 13.4. The van der Waals surface area contributed by atoms with Crippen LogP contribution in [0.15, 0.2) is 10.3 Å². The third-order valence-corrected chi connectivity index (χ3v) is 3.37. The third kappa shape index (κ3) is 4.96. The second-order valence-corrected chi connectivity index (χ2v) is 4.97. The predicted octanol–water partition coefficient (Wildman–Crippen LogP) is 1.01. The minimum atomic E-state index is -0.325. The van der Waals surface area contributed by atoms with Crippen molar-refractivity contribution in [3.63, 3.8) is 0 Å². The number of rotatable bonds is 8. The number of tetrazole rings is 1. The number of hydrogen-bond donors (Lipinski definition) is 0. The van der Waals surface area contributed by atoms with Gasteiger partial charge in [-0.25, -0.2) is 4.68 Å². The molecule has 0 aliphatic carbocycles. The summed E-state index contributed by atoms with van der Waals surface area (Å²) >= 11 is 6.21. The van der Waals surface area contributed by atoms with Crippen molar-refractivity contribution in [2.45, 2.75) is 17.7 Å². The van der Waals surface area contributed by atoms with Crippen molar-refractivity contribution in [1.29, 1.82) is 0 Å². The Kier molecular flexibility index (Phi) is 6.58. The van der Waals surface area contributed by atoms with Gasteiger partial charge in [0.1, 0.15) is 0 Å². The van der Waals surface area contributed by atoms with Gasteiger partial charge in [-0.2, -0.15) is 0 Å². The highest BCUT2D eigenvalue weighted by Crippen LogP contribution is 2.15. The Morgan fingerprint density at radius 2 is 2.44 bits per heavy atom. The van der Waals surface area contributed by atoms with Gasteiger partial charge in [-0.1, -0.05) is 29.1 Å². The molecule has 1 aromatic rings. The Balaban J connectivity index is 2.54. The van der Waals surface area contributed by atoms with Crippen molar-refractivity contribution in [1.82, 2.24) is 25.1 Å². The van der Waals surface area contributed by atoms with Gasteiger partial charge in [-0.3, -0.25) is 0 Å². The fraction of sp³-hybridized carbons (Fsp3) is 0.750. The zero-order valence-electron chi connectivity index (χ0n) is 10.2. The molecule has 0 saturated carbocycles. The first kappa shape index (κ1) is 14.8. The second kappa shape index (κ2) is 7.98. The number of azide groups is 1. The fourth-order valence-corrected chi connectivity index (χ4v) is 2.19. The molecule has 0 saturated heterocycles. The van der Waals surface area contributed by atoms with Gasteiger partial charge in [0.15, 0.2) is 0 Å². The smallest absolute Gasteiger partial charge is 0.209 e. The van der Waals surface area contributed by atoms with E-state index >= 15 is 0 Å². The maximum Gasteiger partial charge on any atom is 0.209 e. The number of thiocarbonyl (C=S) groups is 1. The van der Waals surface area contributed by atoms with E-state index in [1.165, 1.54) is 17.1 Å². The Hall–Kier alpha value is -1.22. The first-order valence-electron chi connectivity index (χ1n) is 5.20. The molecule has 0 radical (unpaired) electrons. The van der Waals surface area contributed by atoms with Crippen molar-refractivity contribution < 1.29 is 0 Å². The molecule has 0 bridgehead atoms. The van der Waals surface area contributed by atoms with Crippen molar-refractivity contribution in [2.24, 2.45) is 5.11 Å². The molecule has 0 aliphatic rings. The predicted molar refractivity (Wildman–Crippen MR) is 73.7 cm³/mol. The molecule has 98 valence electrons. The van der Waals surface area contributed by atoms with Crippen LogP contribution in [0.5, 0.6) is 0 Å². The highest BCUT2D eigenvalue weighted by atomic mass is 32.2. The molecule has 0 spiro atoms. The van der Waals surface area contributed by atoms with Crippen molar-refractivity contribution in [3.05, 3.63) is 10.4 Å². The number of likely N-dealkylation sites (N-methyl/N-ethyl adjacent to an activating group) is 1. The molecule has 1 rings (SSSR count). The largest absolute Gasteiger partial charge is 0.308 e. The van der Waals surface area contributed by atoms with Gasteiger partial charge >= 0.3 is 0 Å². The summed E-state index contributed by atoms with van der Waals surface area (Å²) in [7, 11) is 3.97. The molecule has 18 heavy (non-hydrogen) atoms. The van der Waals surface area contributed by atoms with Crippen molar-refractivity contribution in [2.75, 3.05) is 26.4 Å². The van der Waals surface area contributed by atoms with Gasteiger partial charge in [0.25, 0.3) is 0 Å².